The smallest absolute Gasteiger partial charge is 0.337 e. The summed E-state index contributed by atoms with van der Waals surface area (Å²) in [6.45, 7) is -0.605. The third-order valence-corrected chi connectivity index (χ3v) is 3.40. The lowest BCUT2D eigenvalue weighted by Gasteiger charge is -2.13. The van der Waals surface area contributed by atoms with E-state index >= 15 is 0 Å². The van der Waals surface area contributed by atoms with Gasteiger partial charge in [0.05, 0.1) is 17.8 Å². The van der Waals surface area contributed by atoms with Gasteiger partial charge in [-0.2, -0.15) is 0 Å². The van der Waals surface area contributed by atoms with Crippen molar-refractivity contribution in [2.45, 2.75) is 0 Å². The molecule has 0 unspecified atom stereocenters. The Morgan fingerprint density at radius 1 is 1.38 bits per heavy atom. The second-order valence-electron chi connectivity index (χ2n) is 4.18. The summed E-state index contributed by atoms with van der Waals surface area (Å²) in [6.07, 6.45) is 0. The van der Waals surface area contributed by atoms with E-state index in [1.165, 1.54) is 12.1 Å². The number of anilines is 1. The van der Waals surface area contributed by atoms with Crippen LogP contribution in [0.3, 0.4) is 0 Å². The normalized spacial score (nSPS) is 14.0. The lowest BCUT2D eigenvalue weighted by molar-refractivity contribution is -0.128. The van der Waals surface area contributed by atoms with Crippen LogP contribution in [0.5, 0.6) is 0 Å². The van der Waals surface area contributed by atoms with Gasteiger partial charge in [0, 0.05) is 3.57 Å². The van der Waals surface area contributed by atoms with Gasteiger partial charge in [-0.1, -0.05) is 0 Å². The van der Waals surface area contributed by atoms with Gasteiger partial charge in [0.25, 0.3) is 5.91 Å². The summed E-state index contributed by atoms with van der Waals surface area (Å²) in [6, 6.07) is 3.86. The van der Waals surface area contributed by atoms with Gasteiger partial charge in [-0.15, -0.1) is 0 Å². The van der Waals surface area contributed by atoms with E-state index in [0.29, 0.717) is 3.57 Å². The number of nitrogens with zero attached hydrogens (tertiary/aromatic N) is 1. The molecule has 21 heavy (non-hydrogen) atoms. The minimum absolute atomic E-state index is 0.0625. The molecule has 0 saturated carbocycles. The summed E-state index contributed by atoms with van der Waals surface area (Å²) in [7, 11) is 0. The van der Waals surface area contributed by atoms with E-state index in [-0.39, 0.29) is 17.8 Å². The molecule has 2 rings (SSSR count). The fraction of sp³-hybridized carbons (Fsp3) is 0.167. The van der Waals surface area contributed by atoms with Crippen LogP contribution >= 0.6 is 22.6 Å². The van der Waals surface area contributed by atoms with E-state index in [0.717, 1.165) is 4.90 Å². The number of carbonyl (C=O) groups is 4. The Morgan fingerprint density at radius 2 is 2.10 bits per heavy atom. The Bertz CT molecular complexity index is 630. The lowest BCUT2D eigenvalue weighted by Crippen LogP contribution is -2.38. The summed E-state index contributed by atoms with van der Waals surface area (Å²) >= 11 is 1.95. The highest BCUT2D eigenvalue weighted by atomic mass is 127. The molecule has 1 aromatic rings. The van der Waals surface area contributed by atoms with Crippen molar-refractivity contribution >= 4 is 52.1 Å². The fourth-order valence-electron chi connectivity index (χ4n) is 1.75. The third kappa shape index (κ3) is 3.48. The zero-order valence-corrected chi connectivity index (χ0v) is 12.7. The van der Waals surface area contributed by atoms with Crippen LogP contribution in [0.25, 0.3) is 0 Å². The van der Waals surface area contributed by atoms with Crippen LogP contribution in [-0.2, 0) is 9.59 Å². The number of urea groups is 1. The maximum Gasteiger partial charge on any atom is 0.337 e. The van der Waals surface area contributed by atoms with Crippen molar-refractivity contribution in [3.63, 3.8) is 0 Å². The number of carbonyl (C=O) groups excluding carboxylic acids is 3. The zero-order valence-electron chi connectivity index (χ0n) is 10.6. The van der Waals surface area contributed by atoms with Crippen molar-refractivity contribution in [2.24, 2.45) is 0 Å². The highest BCUT2D eigenvalue weighted by molar-refractivity contribution is 14.1. The van der Waals surface area contributed by atoms with Gasteiger partial charge in [0.1, 0.15) is 6.54 Å². The number of aromatic carboxylic acids is 1. The molecular formula is C12H10IN3O5. The van der Waals surface area contributed by atoms with Gasteiger partial charge < -0.3 is 15.7 Å². The molecule has 8 nitrogen and oxygen atoms in total. The molecule has 1 aromatic carbocycles. The molecule has 0 aliphatic carbocycles. The second-order valence-corrected chi connectivity index (χ2v) is 5.43. The van der Waals surface area contributed by atoms with E-state index in [2.05, 4.69) is 10.6 Å². The summed E-state index contributed by atoms with van der Waals surface area (Å²) in [5.74, 6) is -2.33. The first kappa shape index (κ1) is 15.2. The summed E-state index contributed by atoms with van der Waals surface area (Å²) in [5, 5.41) is 13.8. The summed E-state index contributed by atoms with van der Waals surface area (Å²) in [5.41, 5.74) is 0.0485. The fourth-order valence-corrected chi connectivity index (χ4v) is 2.24. The first-order valence-electron chi connectivity index (χ1n) is 5.79. The minimum Gasteiger partial charge on any atom is -0.478 e. The molecular weight excluding hydrogens is 393 g/mol. The molecule has 1 saturated heterocycles. The Balaban J connectivity index is 2.11. The predicted molar refractivity (Wildman–Crippen MR) is 79.9 cm³/mol. The number of amides is 4. The van der Waals surface area contributed by atoms with Crippen molar-refractivity contribution in [3.8, 4) is 0 Å². The monoisotopic (exact) mass is 403 g/mol. The number of carboxylic acids is 1. The highest BCUT2D eigenvalue weighted by Crippen LogP contribution is 2.19. The average molecular weight is 403 g/mol. The van der Waals surface area contributed by atoms with E-state index in [9.17, 15) is 19.2 Å². The first-order valence-corrected chi connectivity index (χ1v) is 6.87. The Morgan fingerprint density at radius 3 is 2.67 bits per heavy atom. The standard InChI is InChI=1S/C12H10IN3O5/c13-6-1-2-8(7(3-6)11(19)20)15-9(17)5-16-10(18)4-14-12(16)21/h1-3H,4-5H2,(H,14,21)(H,15,17)(H,19,20). The van der Waals surface area contributed by atoms with Gasteiger partial charge in [0.15, 0.2) is 0 Å². The first-order chi connectivity index (χ1) is 9.88. The molecule has 0 radical (unpaired) electrons. The van der Waals surface area contributed by atoms with Crippen molar-refractivity contribution in [3.05, 3.63) is 27.3 Å². The maximum atomic E-state index is 11.8. The summed E-state index contributed by atoms with van der Waals surface area (Å²) < 4.78 is 0.706. The number of imide groups is 1. The lowest BCUT2D eigenvalue weighted by atomic mass is 10.2. The quantitative estimate of drug-likeness (QED) is 0.500. The van der Waals surface area contributed by atoms with Crippen LogP contribution in [-0.4, -0.2) is 46.9 Å². The van der Waals surface area contributed by atoms with Crippen molar-refractivity contribution in [2.75, 3.05) is 18.4 Å². The van der Waals surface area contributed by atoms with Crippen LogP contribution in [0.15, 0.2) is 18.2 Å². The number of benzene rings is 1. The zero-order chi connectivity index (χ0) is 15.6. The molecule has 4 amide bonds. The van der Waals surface area contributed by atoms with Gasteiger partial charge in [0.2, 0.25) is 5.91 Å². The number of hydrogen-bond donors (Lipinski definition) is 3. The van der Waals surface area contributed by atoms with Crippen LogP contribution in [0.1, 0.15) is 10.4 Å². The molecule has 0 bridgehead atoms. The Hall–Kier alpha value is -2.17. The molecule has 0 spiro atoms. The maximum absolute atomic E-state index is 11.8. The van der Waals surface area contributed by atoms with Crippen LogP contribution < -0.4 is 10.6 Å². The van der Waals surface area contributed by atoms with E-state index in [1.54, 1.807) is 6.07 Å². The number of halogens is 1. The molecule has 1 aliphatic heterocycles. The van der Waals surface area contributed by atoms with E-state index in [4.69, 9.17) is 5.11 Å². The highest BCUT2D eigenvalue weighted by Gasteiger charge is 2.30. The van der Waals surface area contributed by atoms with Gasteiger partial charge in [-0.05, 0) is 40.8 Å². The van der Waals surface area contributed by atoms with Crippen LogP contribution in [0.2, 0.25) is 0 Å². The number of nitrogens with one attached hydrogen (secondary N) is 2. The van der Waals surface area contributed by atoms with Crippen molar-refractivity contribution in [1.82, 2.24) is 10.2 Å². The number of hydrogen-bond acceptors (Lipinski definition) is 4. The number of rotatable bonds is 4. The second kappa shape index (κ2) is 6.08. The van der Waals surface area contributed by atoms with Gasteiger partial charge >= 0.3 is 12.0 Å². The van der Waals surface area contributed by atoms with E-state index < -0.39 is 30.4 Å². The Kier molecular flexibility index (Phi) is 4.40. The Labute approximate surface area is 132 Å². The SMILES string of the molecule is O=C(CN1C(=O)CNC1=O)Nc1ccc(I)cc1C(=O)O. The molecule has 9 heteroatoms. The van der Waals surface area contributed by atoms with Gasteiger partial charge in [-0.25, -0.2) is 9.59 Å². The average Bonchev–Trinajstić information content (AvgIpc) is 2.72. The topological polar surface area (TPSA) is 116 Å². The third-order valence-electron chi connectivity index (χ3n) is 2.72. The number of carboxylic acid groups (broad SMARTS) is 1. The molecule has 1 fully saturated rings. The molecule has 1 aliphatic rings. The van der Waals surface area contributed by atoms with Crippen LogP contribution in [0, 0.1) is 3.57 Å². The predicted octanol–water partition coefficient (Wildman–Crippen LogP) is 0.480. The molecule has 0 atom stereocenters. The van der Waals surface area contributed by atoms with Crippen molar-refractivity contribution in [1.29, 1.82) is 0 Å². The van der Waals surface area contributed by atoms with Gasteiger partial charge in [-0.3, -0.25) is 14.5 Å². The van der Waals surface area contributed by atoms with Crippen LogP contribution in [0.4, 0.5) is 10.5 Å². The van der Waals surface area contributed by atoms with E-state index in [1.807, 2.05) is 22.6 Å². The summed E-state index contributed by atoms with van der Waals surface area (Å²) in [4.78, 5) is 46.4. The van der Waals surface area contributed by atoms with Crippen molar-refractivity contribution < 1.29 is 24.3 Å². The molecule has 1 heterocycles. The molecule has 110 valence electrons. The largest absolute Gasteiger partial charge is 0.478 e. The minimum atomic E-state index is -1.18. The molecule has 0 aromatic heterocycles. The molecule has 3 N–H and O–H groups in total.